The summed E-state index contributed by atoms with van der Waals surface area (Å²) in [4.78, 5) is 42.3. The normalized spacial score (nSPS) is 13.3. The molecule has 0 bridgehead atoms. The Balaban J connectivity index is 1.70. The molecular weight excluding hydrogens is 470 g/mol. The highest BCUT2D eigenvalue weighted by Gasteiger charge is 2.30. The van der Waals surface area contributed by atoms with Gasteiger partial charge >= 0.3 is 11.9 Å². The van der Waals surface area contributed by atoms with Gasteiger partial charge in [0.25, 0.3) is 0 Å². The predicted molar refractivity (Wildman–Crippen MR) is 130 cm³/mol. The van der Waals surface area contributed by atoms with Gasteiger partial charge in [-0.15, -0.1) is 11.3 Å². The zero-order valence-corrected chi connectivity index (χ0v) is 20.7. The molecule has 3 rings (SSSR count). The standard InChI is InChI=1S/C26H27NO7S/c1-16(15-20(29)23-25(33-18(3)28)21(31-4)12-13-27-23)26(30)32-17(2)24(22-11-8-14-35-22)34-19-9-6-5-7-10-19/h5-14,16-17,24H,15H2,1-4H3/t16-,17+,24-/m1/s1. The highest BCUT2D eigenvalue weighted by Crippen LogP contribution is 2.32. The smallest absolute Gasteiger partial charge is 0.309 e. The van der Waals surface area contributed by atoms with Crippen LogP contribution < -0.4 is 14.2 Å². The third-order valence-corrected chi connectivity index (χ3v) is 5.98. The van der Waals surface area contributed by atoms with Crippen LogP contribution in [-0.2, 0) is 14.3 Å². The van der Waals surface area contributed by atoms with Gasteiger partial charge in [-0.3, -0.25) is 14.4 Å². The first-order chi connectivity index (χ1) is 16.8. The van der Waals surface area contributed by atoms with E-state index in [0.29, 0.717) is 5.75 Å². The molecule has 0 radical (unpaired) electrons. The van der Waals surface area contributed by atoms with Crippen molar-refractivity contribution < 1.29 is 33.3 Å². The molecule has 0 aliphatic rings. The van der Waals surface area contributed by atoms with E-state index in [-0.39, 0.29) is 23.6 Å². The molecule has 0 amide bonds. The number of hydrogen-bond donors (Lipinski definition) is 0. The van der Waals surface area contributed by atoms with E-state index in [2.05, 4.69) is 4.98 Å². The van der Waals surface area contributed by atoms with Crippen LogP contribution in [0.1, 0.15) is 48.7 Å². The number of thiophene rings is 1. The second-order valence-corrected chi connectivity index (χ2v) is 8.80. The van der Waals surface area contributed by atoms with Gasteiger partial charge in [-0.1, -0.05) is 31.2 Å². The molecule has 0 aliphatic heterocycles. The second-order valence-electron chi connectivity index (χ2n) is 7.82. The van der Waals surface area contributed by atoms with E-state index in [1.165, 1.54) is 37.6 Å². The Kier molecular flexibility index (Phi) is 8.97. The number of hydrogen-bond acceptors (Lipinski definition) is 9. The Morgan fingerprint density at radius 1 is 1.03 bits per heavy atom. The maximum absolute atomic E-state index is 12.9. The fourth-order valence-electron chi connectivity index (χ4n) is 3.34. The molecule has 0 unspecified atom stereocenters. The Morgan fingerprint density at radius 3 is 2.40 bits per heavy atom. The molecule has 1 aromatic carbocycles. The third kappa shape index (κ3) is 6.89. The average molecular weight is 498 g/mol. The zero-order chi connectivity index (χ0) is 25.4. The van der Waals surface area contributed by atoms with Crippen LogP contribution in [0, 0.1) is 5.92 Å². The molecule has 3 aromatic rings. The quantitative estimate of drug-likeness (QED) is 0.268. The van der Waals surface area contributed by atoms with E-state index in [0.717, 1.165) is 4.88 Å². The Labute approximate surface area is 207 Å². The number of methoxy groups -OCH3 is 1. The van der Waals surface area contributed by atoms with E-state index in [1.54, 1.807) is 13.8 Å². The van der Waals surface area contributed by atoms with Gasteiger partial charge in [-0.05, 0) is 30.5 Å². The number of pyridine rings is 1. The summed E-state index contributed by atoms with van der Waals surface area (Å²) < 4.78 is 22.2. The first kappa shape index (κ1) is 25.9. The van der Waals surface area contributed by atoms with Gasteiger partial charge < -0.3 is 18.9 Å². The van der Waals surface area contributed by atoms with Gasteiger partial charge in [0.05, 0.1) is 13.0 Å². The number of esters is 2. The molecule has 0 saturated heterocycles. The van der Waals surface area contributed by atoms with Crippen molar-refractivity contribution in [2.24, 2.45) is 5.92 Å². The van der Waals surface area contributed by atoms with E-state index in [4.69, 9.17) is 18.9 Å². The van der Waals surface area contributed by atoms with Crippen molar-refractivity contribution in [2.75, 3.05) is 7.11 Å². The number of carbonyl (C=O) groups is 3. The summed E-state index contributed by atoms with van der Waals surface area (Å²) in [5, 5.41) is 1.92. The van der Waals surface area contributed by atoms with Crippen LogP contribution in [0.25, 0.3) is 0 Å². The minimum Gasteiger partial charge on any atom is -0.493 e. The monoisotopic (exact) mass is 497 g/mol. The summed E-state index contributed by atoms with van der Waals surface area (Å²) in [6, 6.07) is 14.6. The summed E-state index contributed by atoms with van der Waals surface area (Å²) in [6.45, 7) is 4.56. The molecule has 2 heterocycles. The SMILES string of the molecule is COc1ccnc(C(=O)C[C@@H](C)C(=O)O[C@@H](C)[C@@H](Oc2ccccc2)c2cccs2)c1OC(C)=O. The molecular formula is C26H27NO7S. The van der Waals surface area contributed by atoms with Crippen molar-refractivity contribution in [1.29, 1.82) is 0 Å². The average Bonchev–Trinajstić information content (AvgIpc) is 3.37. The van der Waals surface area contributed by atoms with E-state index < -0.39 is 35.8 Å². The van der Waals surface area contributed by atoms with Crippen LogP contribution >= 0.6 is 11.3 Å². The fraction of sp³-hybridized carbons (Fsp3) is 0.308. The van der Waals surface area contributed by atoms with Crippen molar-refractivity contribution in [3.63, 3.8) is 0 Å². The van der Waals surface area contributed by atoms with Crippen molar-refractivity contribution in [3.8, 4) is 17.2 Å². The predicted octanol–water partition coefficient (Wildman–Crippen LogP) is 5.04. The van der Waals surface area contributed by atoms with Crippen molar-refractivity contribution in [3.05, 3.63) is 70.7 Å². The lowest BCUT2D eigenvalue weighted by molar-refractivity contribution is -0.157. The summed E-state index contributed by atoms with van der Waals surface area (Å²) in [6.07, 6.45) is 0.0465. The lowest BCUT2D eigenvalue weighted by Gasteiger charge is -2.25. The maximum Gasteiger partial charge on any atom is 0.309 e. The van der Waals surface area contributed by atoms with Crippen LogP contribution in [0.4, 0.5) is 0 Å². The lowest BCUT2D eigenvalue weighted by atomic mass is 10.0. The minimum atomic E-state index is -0.774. The fourth-order valence-corrected chi connectivity index (χ4v) is 4.18. The molecule has 0 spiro atoms. The lowest BCUT2D eigenvalue weighted by Crippen LogP contribution is -2.29. The van der Waals surface area contributed by atoms with Gasteiger partial charge in [-0.2, -0.15) is 0 Å². The number of ketones is 1. The first-order valence-corrected chi connectivity index (χ1v) is 11.9. The number of carbonyl (C=O) groups excluding carboxylic acids is 3. The number of benzene rings is 1. The molecule has 35 heavy (non-hydrogen) atoms. The molecule has 184 valence electrons. The highest BCUT2D eigenvalue weighted by molar-refractivity contribution is 7.10. The van der Waals surface area contributed by atoms with Crippen molar-refractivity contribution in [1.82, 2.24) is 4.98 Å². The molecule has 2 aromatic heterocycles. The molecule has 0 saturated carbocycles. The summed E-state index contributed by atoms with van der Waals surface area (Å²) in [7, 11) is 1.39. The van der Waals surface area contributed by atoms with Crippen molar-refractivity contribution >= 4 is 29.1 Å². The second kappa shape index (κ2) is 12.1. The number of para-hydroxylation sites is 1. The van der Waals surface area contributed by atoms with E-state index in [9.17, 15) is 14.4 Å². The van der Waals surface area contributed by atoms with Crippen molar-refractivity contribution in [2.45, 2.75) is 39.4 Å². The first-order valence-electron chi connectivity index (χ1n) is 11.0. The van der Waals surface area contributed by atoms with Gasteiger partial charge in [0, 0.05) is 30.5 Å². The molecule has 8 nitrogen and oxygen atoms in total. The van der Waals surface area contributed by atoms with E-state index >= 15 is 0 Å². The summed E-state index contributed by atoms with van der Waals surface area (Å²) >= 11 is 1.50. The zero-order valence-electron chi connectivity index (χ0n) is 19.9. The Bertz CT molecular complexity index is 1150. The molecule has 0 aliphatic carbocycles. The maximum atomic E-state index is 12.9. The van der Waals surface area contributed by atoms with Gasteiger partial charge in [0.1, 0.15) is 11.9 Å². The number of aromatic nitrogens is 1. The molecule has 3 atom stereocenters. The molecule has 0 fully saturated rings. The number of nitrogens with zero attached hydrogens (tertiary/aromatic N) is 1. The molecule has 9 heteroatoms. The van der Waals surface area contributed by atoms with Crippen LogP contribution in [0.5, 0.6) is 17.2 Å². The van der Waals surface area contributed by atoms with Crippen LogP contribution in [0.3, 0.4) is 0 Å². The van der Waals surface area contributed by atoms with Gasteiger partial charge in [-0.25, -0.2) is 4.98 Å². The summed E-state index contributed by atoms with van der Waals surface area (Å²) in [5.41, 5.74) is -0.0869. The van der Waals surface area contributed by atoms with Crippen LogP contribution in [0.15, 0.2) is 60.1 Å². The van der Waals surface area contributed by atoms with Crippen LogP contribution in [0.2, 0.25) is 0 Å². The molecule has 0 N–H and O–H groups in total. The third-order valence-electron chi connectivity index (χ3n) is 5.05. The number of Topliss-reactive ketones (excluding diaryl/α,β-unsaturated/α-hetero) is 1. The largest absolute Gasteiger partial charge is 0.493 e. The topological polar surface area (TPSA) is 101 Å². The number of rotatable bonds is 11. The summed E-state index contributed by atoms with van der Waals surface area (Å²) in [5.74, 6) is -1.66. The number of ether oxygens (including phenoxy) is 4. The Morgan fingerprint density at radius 2 is 1.77 bits per heavy atom. The van der Waals surface area contributed by atoms with Crippen LogP contribution in [-0.4, -0.2) is 35.9 Å². The highest BCUT2D eigenvalue weighted by atomic mass is 32.1. The Hall–Kier alpha value is -3.72. The van der Waals surface area contributed by atoms with Gasteiger partial charge in [0.2, 0.25) is 5.75 Å². The minimum absolute atomic E-state index is 0.0737. The van der Waals surface area contributed by atoms with E-state index in [1.807, 2.05) is 47.8 Å². The van der Waals surface area contributed by atoms with Gasteiger partial charge in [0.15, 0.2) is 23.3 Å².